The van der Waals surface area contributed by atoms with Crippen molar-refractivity contribution in [3.63, 3.8) is 0 Å². The highest BCUT2D eigenvalue weighted by atomic mass is 35.5. The van der Waals surface area contributed by atoms with Gasteiger partial charge in [-0.05, 0) is 18.6 Å². The van der Waals surface area contributed by atoms with Crippen molar-refractivity contribution in [2.45, 2.75) is 17.9 Å². The van der Waals surface area contributed by atoms with E-state index in [2.05, 4.69) is 0 Å². The normalized spacial score (nSPS) is 25.2. The summed E-state index contributed by atoms with van der Waals surface area (Å²) < 4.78 is 25.5. The van der Waals surface area contributed by atoms with E-state index in [4.69, 9.17) is 11.6 Å². The van der Waals surface area contributed by atoms with Crippen LogP contribution in [0, 0.1) is 6.92 Å². The molecule has 2 rings (SSSR count). The van der Waals surface area contributed by atoms with Gasteiger partial charge in [-0.2, -0.15) is 4.31 Å². The lowest BCUT2D eigenvalue weighted by Crippen LogP contribution is -2.16. The molecule has 0 aromatic heterocycles. The first kappa shape index (κ1) is 10.9. The van der Waals surface area contributed by atoms with E-state index in [1.54, 1.807) is 25.1 Å². The molecular weight excluding hydrogens is 234 g/mol. The minimum absolute atomic E-state index is 0.0173. The summed E-state index contributed by atoms with van der Waals surface area (Å²) in [5.74, 6) is 0.366. The number of nitrogens with zero attached hydrogens (tertiary/aromatic N) is 1. The second kappa shape index (κ2) is 3.77. The number of hydrogen-bond donors (Lipinski definition) is 0. The van der Waals surface area contributed by atoms with Crippen LogP contribution in [0.2, 0.25) is 0 Å². The second-order valence-electron chi connectivity index (χ2n) is 3.65. The van der Waals surface area contributed by atoms with Gasteiger partial charge in [-0.15, -0.1) is 11.6 Å². The molecular formula is C10H12ClNO2S. The minimum atomic E-state index is -3.31. The van der Waals surface area contributed by atoms with Crippen LogP contribution >= 0.6 is 11.6 Å². The fourth-order valence-corrected chi connectivity index (χ4v) is 3.71. The van der Waals surface area contributed by atoms with Gasteiger partial charge in [0.05, 0.1) is 10.9 Å². The Hall–Kier alpha value is -0.580. The van der Waals surface area contributed by atoms with Gasteiger partial charge >= 0.3 is 0 Å². The monoisotopic (exact) mass is 245 g/mol. The van der Waals surface area contributed by atoms with E-state index < -0.39 is 10.0 Å². The molecule has 1 aromatic carbocycles. The molecule has 0 amide bonds. The average molecular weight is 246 g/mol. The Labute approximate surface area is 94.7 Å². The van der Waals surface area contributed by atoms with E-state index in [9.17, 15) is 8.42 Å². The van der Waals surface area contributed by atoms with Crippen molar-refractivity contribution in [2.24, 2.45) is 0 Å². The quantitative estimate of drug-likeness (QED) is 0.599. The zero-order valence-electron chi connectivity index (χ0n) is 8.35. The number of benzene rings is 1. The van der Waals surface area contributed by atoms with Crippen molar-refractivity contribution >= 4 is 21.6 Å². The van der Waals surface area contributed by atoms with Crippen LogP contribution in [-0.2, 0) is 10.0 Å². The Morgan fingerprint density at radius 3 is 2.67 bits per heavy atom. The smallest absolute Gasteiger partial charge is 0.207 e. The van der Waals surface area contributed by atoms with Gasteiger partial charge < -0.3 is 0 Å². The minimum Gasteiger partial charge on any atom is -0.207 e. The molecule has 15 heavy (non-hydrogen) atoms. The Bertz CT molecular complexity index is 472. The van der Waals surface area contributed by atoms with Crippen LogP contribution in [0.4, 0.5) is 0 Å². The molecule has 1 aliphatic rings. The van der Waals surface area contributed by atoms with E-state index in [1.807, 2.05) is 6.07 Å². The second-order valence-corrected chi connectivity index (χ2v) is 5.82. The molecule has 1 fully saturated rings. The molecule has 0 bridgehead atoms. The summed E-state index contributed by atoms with van der Waals surface area (Å²) in [5.41, 5.74) is 0.776. The predicted molar refractivity (Wildman–Crippen MR) is 59.6 cm³/mol. The third-order valence-electron chi connectivity index (χ3n) is 2.52. The van der Waals surface area contributed by atoms with Crippen LogP contribution in [0.15, 0.2) is 29.2 Å². The molecule has 1 heterocycles. The number of sulfonamides is 1. The van der Waals surface area contributed by atoms with Crippen LogP contribution in [0.1, 0.15) is 5.56 Å². The van der Waals surface area contributed by atoms with Crippen molar-refractivity contribution in [1.29, 1.82) is 0 Å². The third-order valence-corrected chi connectivity index (χ3v) is 4.96. The van der Waals surface area contributed by atoms with E-state index in [0.717, 1.165) is 5.56 Å². The van der Waals surface area contributed by atoms with E-state index >= 15 is 0 Å². The fourth-order valence-electron chi connectivity index (χ4n) is 1.55. The molecule has 1 aliphatic heterocycles. The van der Waals surface area contributed by atoms with Crippen molar-refractivity contribution in [1.82, 2.24) is 4.31 Å². The first-order valence-electron chi connectivity index (χ1n) is 4.71. The van der Waals surface area contributed by atoms with Crippen LogP contribution in [-0.4, -0.2) is 31.2 Å². The predicted octanol–water partition coefficient (Wildman–Crippen LogP) is 1.61. The molecule has 0 spiro atoms. The molecule has 3 nitrogen and oxygen atoms in total. The van der Waals surface area contributed by atoms with Gasteiger partial charge in [-0.1, -0.05) is 18.2 Å². The number of rotatable bonds is 3. The highest BCUT2D eigenvalue weighted by Crippen LogP contribution is 2.30. The molecule has 5 heteroatoms. The van der Waals surface area contributed by atoms with Crippen LogP contribution in [0.3, 0.4) is 0 Å². The molecule has 2 unspecified atom stereocenters. The van der Waals surface area contributed by atoms with E-state index in [1.165, 1.54) is 4.31 Å². The first-order chi connectivity index (χ1) is 7.07. The maximum Gasteiger partial charge on any atom is 0.243 e. The number of alkyl halides is 1. The first-order valence-corrected chi connectivity index (χ1v) is 6.68. The zero-order chi connectivity index (χ0) is 11.1. The van der Waals surface area contributed by atoms with Gasteiger partial charge in [0.2, 0.25) is 10.0 Å². The number of aryl methyl sites for hydroxylation is 1. The summed E-state index contributed by atoms with van der Waals surface area (Å²) in [6, 6.07) is 6.98. The Morgan fingerprint density at radius 1 is 1.47 bits per heavy atom. The Balaban J connectivity index is 2.36. The SMILES string of the molecule is Cc1ccccc1S(=O)(=O)N1CC1CCl. The standard InChI is InChI=1S/C10H12ClNO2S/c1-8-4-2-3-5-10(8)15(13,14)12-7-9(12)6-11/h2-5,9H,6-7H2,1H3. The van der Waals surface area contributed by atoms with E-state index in [-0.39, 0.29) is 6.04 Å². The number of hydrogen-bond acceptors (Lipinski definition) is 2. The van der Waals surface area contributed by atoms with Gasteiger partial charge in [-0.25, -0.2) is 8.42 Å². The molecule has 1 saturated heterocycles. The summed E-state index contributed by atoms with van der Waals surface area (Å²) in [6.45, 7) is 2.34. The van der Waals surface area contributed by atoms with E-state index in [0.29, 0.717) is 17.3 Å². The fraction of sp³-hybridized carbons (Fsp3) is 0.400. The van der Waals surface area contributed by atoms with Crippen LogP contribution in [0.5, 0.6) is 0 Å². The highest BCUT2D eigenvalue weighted by molar-refractivity contribution is 7.89. The largest absolute Gasteiger partial charge is 0.243 e. The maximum atomic E-state index is 12.1. The number of halogens is 1. The lowest BCUT2D eigenvalue weighted by Gasteiger charge is -2.07. The third kappa shape index (κ3) is 1.89. The van der Waals surface area contributed by atoms with Gasteiger partial charge in [0.25, 0.3) is 0 Å². The molecule has 0 aliphatic carbocycles. The molecule has 2 atom stereocenters. The molecule has 82 valence electrons. The highest BCUT2D eigenvalue weighted by Gasteiger charge is 2.44. The van der Waals surface area contributed by atoms with Crippen molar-refractivity contribution in [3.8, 4) is 0 Å². The Kier molecular flexibility index (Phi) is 2.75. The summed E-state index contributed by atoms with van der Waals surface area (Å²) in [4.78, 5) is 0.387. The van der Waals surface area contributed by atoms with Crippen molar-refractivity contribution in [3.05, 3.63) is 29.8 Å². The molecule has 0 radical (unpaired) electrons. The van der Waals surface area contributed by atoms with Crippen LogP contribution < -0.4 is 0 Å². The van der Waals surface area contributed by atoms with Gasteiger partial charge in [0, 0.05) is 12.4 Å². The summed E-state index contributed by atoms with van der Waals surface area (Å²) in [6.07, 6.45) is 0. The average Bonchev–Trinajstić information content (AvgIpc) is 2.97. The summed E-state index contributed by atoms with van der Waals surface area (Å²) >= 11 is 5.62. The van der Waals surface area contributed by atoms with Crippen LogP contribution in [0.25, 0.3) is 0 Å². The van der Waals surface area contributed by atoms with Gasteiger partial charge in [0.15, 0.2) is 0 Å². The topological polar surface area (TPSA) is 37.1 Å². The van der Waals surface area contributed by atoms with Crippen molar-refractivity contribution < 1.29 is 8.42 Å². The van der Waals surface area contributed by atoms with Gasteiger partial charge in [-0.3, -0.25) is 0 Å². The summed E-state index contributed by atoms with van der Waals surface area (Å²) in [7, 11) is -3.31. The molecule has 0 N–H and O–H groups in total. The summed E-state index contributed by atoms with van der Waals surface area (Å²) in [5, 5.41) is 0. The molecule has 1 aromatic rings. The Morgan fingerprint density at radius 2 is 2.13 bits per heavy atom. The van der Waals surface area contributed by atoms with Crippen molar-refractivity contribution in [2.75, 3.05) is 12.4 Å². The maximum absolute atomic E-state index is 12.1. The zero-order valence-corrected chi connectivity index (χ0v) is 9.92. The lowest BCUT2D eigenvalue weighted by molar-refractivity contribution is 0.555. The van der Waals surface area contributed by atoms with Gasteiger partial charge in [0.1, 0.15) is 0 Å². The molecule has 0 saturated carbocycles. The lowest BCUT2D eigenvalue weighted by atomic mass is 10.2.